The van der Waals surface area contributed by atoms with Crippen molar-refractivity contribution >= 4 is 0 Å². The zero-order valence-corrected chi connectivity index (χ0v) is 10.4. The fourth-order valence-corrected chi connectivity index (χ4v) is 2.80. The molecule has 0 saturated carbocycles. The molecule has 2 rings (SSSR count). The normalized spacial score (nSPS) is 22.1. The van der Waals surface area contributed by atoms with Crippen molar-refractivity contribution in [2.45, 2.75) is 51.5 Å². The van der Waals surface area contributed by atoms with Crippen molar-refractivity contribution in [3.63, 3.8) is 0 Å². The minimum Gasteiger partial charge on any atom is -0.327 e. The second kappa shape index (κ2) is 5.01. The molecule has 3 atom stereocenters. The van der Waals surface area contributed by atoms with Gasteiger partial charge in [0.15, 0.2) is 0 Å². The second-order valence-corrected chi connectivity index (χ2v) is 5.27. The highest BCUT2D eigenvalue weighted by atomic mass is 14.6. The molecule has 0 radical (unpaired) electrons. The molecule has 0 amide bonds. The molecule has 88 valence electrons. The molecule has 3 unspecified atom stereocenters. The Kier molecular flexibility index (Phi) is 3.65. The fourth-order valence-electron chi connectivity index (χ4n) is 2.80. The third-order valence-electron chi connectivity index (χ3n) is 3.99. The average molecular weight is 217 g/mol. The molecule has 1 aliphatic carbocycles. The van der Waals surface area contributed by atoms with Crippen molar-refractivity contribution < 1.29 is 0 Å². The van der Waals surface area contributed by atoms with Gasteiger partial charge in [0.2, 0.25) is 0 Å². The molecule has 1 nitrogen and oxygen atoms in total. The Balaban J connectivity index is 1.89. The van der Waals surface area contributed by atoms with Crippen LogP contribution in [0.5, 0.6) is 0 Å². The number of benzene rings is 1. The lowest BCUT2D eigenvalue weighted by molar-refractivity contribution is 0.365. The van der Waals surface area contributed by atoms with E-state index in [4.69, 9.17) is 5.73 Å². The van der Waals surface area contributed by atoms with E-state index in [1.807, 2.05) is 0 Å². The highest BCUT2D eigenvalue weighted by molar-refractivity contribution is 5.39. The van der Waals surface area contributed by atoms with Crippen molar-refractivity contribution in [3.05, 3.63) is 35.4 Å². The summed E-state index contributed by atoms with van der Waals surface area (Å²) in [5.41, 5.74) is 9.34. The quantitative estimate of drug-likeness (QED) is 0.803. The molecular formula is C15H23N. The van der Waals surface area contributed by atoms with Crippen molar-refractivity contribution in [2.24, 2.45) is 11.7 Å². The van der Waals surface area contributed by atoms with Crippen molar-refractivity contribution in [1.82, 2.24) is 0 Å². The van der Waals surface area contributed by atoms with Gasteiger partial charge in [0, 0.05) is 6.04 Å². The number of hydrogen-bond donors (Lipinski definition) is 1. The SMILES string of the molecule is CCCC(C)C(N)CC1Cc2ccccc21. The van der Waals surface area contributed by atoms with Gasteiger partial charge in [-0.1, -0.05) is 44.5 Å². The summed E-state index contributed by atoms with van der Waals surface area (Å²) in [5.74, 6) is 1.39. The van der Waals surface area contributed by atoms with Crippen molar-refractivity contribution in [1.29, 1.82) is 0 Å². The van der Waals surface area contributed by atoms with Gasteiger partial charge in [-0.25, -0.2) is 0 Å². The summed E-state index contributed by atoms with van der Waals surface area (Å²) in [6.45, 7) is 4.53. The second-order valence-electron chi connectivity index (χ2n) is 5.27. The molecule has 0 aliphatic heterocycles. The van der Waals surface area contributed by atoms with Gasteiger partial charge in [0.1, 0.15) is 0 Å². The predicted molar refractivity (Wildman–Crippen MR) is 69.6 cm³/mol. The number of hydrogen-bond acceptors (Lipinski definition) is 1. The van der Waals surface area contributed by atoms with Gasteiger partial charge < -0.3 is 5.73 Å². The van der Waals surface area contributed by atoms with Gasteiger partial charge in [-0.15, -0.1) is 0 Å². The van der Waals surface area contributed by atoms with Crippen LogP contribution in [0.1, 0.15) is 50.2 Å². The number of rotatable bonds is 5. The lowest BCUT2D eigenvalue weighted by Crippen LogP contribution is -2.33. The van der Waals surface area contributed by atoms with Crippen molar-refractivity contribution in [2.75, 3.05) is 0 Å². The van der Waals surface area contributed by atoms with Crippen LogP contribution in [0.3, 0.4) is 0 Å². The Labute approximate surface area is 99.0 Å². The van der Waals surface area contributed by atoms with E-state index in [9.17, 15) is 0 Å². The third kappa shape index (κ3) is 2.30. The van der Waals surface area contributed by atoms with Crippen LogP contribution < -0.4 is 5.73 Å². The Morgan fingerprint density at radius 3 is 2.81 bits per heavy atom. The van der Waals surface area contributed by atoms with Gasteiger partial charge >= 0.3 is 0 Å². The molecule has 0 aromatic heterocycles. The molecular weight excluding hydrogens is 194 g/mol. The zero-order chi connectivity index (χ0) is 11.5. The van der Waals surface area contributed by atoms with E-state index >= 15 is 0 Å². The highest BCUT2D eigenvalue weighted by Crippen LogP contribution is 2.38. The molecule has 0 bridgehead atoms. The Morgan fingerprint density at radius 2 is 2.12 bits per heavy atom. The van der Waals surface area contributed by atoms with E-state index < -0.39 is 0 Å². The van der Waals surface area contributed by atoms with Crippen LogP contribution in [0, 0.1) is 5.92 Å². The minimum atomic E-state index is 0.373. The summed E-state index contributed by atoms with van der Waals surface area (Å²) >= 11 is 0. The van der Waals surface area contributed by atoms with E-state index in [2.05, 4.69) is 38.1 Å². The molecule has 0 spiro atoms. The van der Waals surface area contributed by atoms with Gasteiger partial charge in [-0.05, 0) is 42.2 Å². The van der Waals surface area contributed by atoms with Gasteiger partial charge in [-0.3, -0.25) is 0 Å². The highest BCUT2D eigenvalue weighted by Gasteiger charge is 2.28. The van der Waals surface area contributed by atoms with Crippen LogP contribution in [0.25, 0.3) is 0 Å². The molecule has 2 N–H and O–H groups in total. The van der Waals surface area contributed by atoms with E-state index in [0.717, 1.165) is 12.3 Å². The Hall–Kier alpha value is -0.820. The van der Waals surface area contributed by atoms with E-state index in [-0.39, 0.29) is 0 Å². The van der Waals surface area contributed by atoms with Crippen molar-refractivity contribution in [3.8, 4) is 0 Å². The molecule has 1 aromatic rings. The smallest absolute Gasteiger partial charge is 0.00704 e. The summed E-state index contributed by atoms with van der Waals surface area (Å²) in [4.78, 5) is 0. The first kappa shape index (κ1) is 11.7. The molecule has 0 heterocycles. The summed E-state index contributed by atoms with van der Waals surface area (Å²) in [7, 11) is 0. The van der Waals surface area contributed by atoms with E-state index in [1.165, 1.54) is 24.8 Å². The molecule has 1 heteroatoms. The lowest BCUT2D eigenvalue weighted by atomic mass is 9.73. The third-order valence-corrected chi connectivity index (χ3v) is 3.99. The maximum atomic E-state index is 6.27. The zero-order valence-electron chi connectivity index (χ0n) is 10.4. The topological polar surface area (TPSA) is 26.0 Å². The van der Waals surface area contributed by atoms with Crippen LogP contribution in [-0.4, -0.2) is 6.04 Å². The number of nitrogens with two attached hydrogens (primary N) is 1. The first-order valence-electron chi connectivity index (χ1n) is 6.55. The summed E-state index contributed by atoms with van der Waals surface area (Å²) in [5, 5.41) is 0. The van der Waals surface area contributed by atoms with Gasteiger partial charge in [0.25, 0.3) is 0 Å². The summed E-state index contributed by atoms with van der Waals surface area (Å²) < 4.78 is 0. The molecule has 1 aliphatic rings. The molecule has 1 aromatic carbocycles. The molecule has 16 heavy (non-hydrogen) atoms. The van der Waals surface area contributed by atoms with Crippen LogP contribution in [0.15, 0.2) is 24.3 Å². The first-order valence-corrected chi connectivity index (χ1v) is 6.55. The maximum Gasteiger partial charge on any atom is 0.00704 e. The van der Waals surface area contributed by atoms with Gasteiger partial charge in [-0.2, -0.15) is 0 Å². The molecule has 0 saturated heterocycles. The van der Waals surface area contributed by atoms with E-state index in [1.54, 1.807) is 5.56 Å². The van der Waals surface area contributed by atoms with Crippen LogP contribution >= 0.6 is 0 Å². The standard InChI is InChI=1S/C15H23N/c1-3-6-11(2)15(16)10-13-9-12-7-4-5-8-14(12)13/h4-5,7-8,11,13,15H,3,6,9-10,16H2,1-2H3. The summed E-state index contributed by atoms with van der Waals surface area (Å²) in [6, 6.07) is 9.16. The van der Waals surface area contributed by atoms with E-state index in [0.29, 0.717) is 12.0 Å². The van der Waals surface area contributed by atoms with Crippen LogP contribution in [0.4, 0.5) is 0 Å². The average Bonchev–Trinajstić information content (AvgIpc) is 2.26. The predicted octanol–water partition coefficient (Wildman–Crippen LogP) is 3.48. The number of fused-ring (bicyclic) bond motifs is 1. The summed E-state index contributed by atoms with van der Waals surface area (Å²) in [6.07, 6.45) is 4.91. The monoisotopic (exact) mass is 217 g/mol. The Bertz CT molecular complexity index is 345. The maximum absolute atomic E-state index is 6.27. The van der Waals surface area contributed by atoms with Gasteiger partial charge in [0.05, 0.1) is 0 Å². The minimum absolute atomic E-state index is 0.373. The molecule has 0 fully saturated rings. The Morgan fingerprint density at radius 1 is 1.38 bits per heavy atom. The first-order chi connectivity index (χ1) is 7.72. The largest absolute Gasteiger partial charge is 0.327 e. The van der Waals surface area contributed by atoms with Crippen LogP contribution in [-0.2, 0) is 6.42 Å². The lowest BCUT2D eigenvalue weighted by Gasteiger charge is -2.33. The van der Waals surface area contributed by atoms with Crippen LogP contribution in [0.2, 0.25) is 0 Å². The fraction of sp³-hybridized carbons (Fsp3) is 0.600.